The second kappa shape index (κ2) is 7.36. The van der Waals surface area contributed by atoms with Crippen LogP contribution < -0.4 is 4.90 Å². The Labute approximate surface area is 181 Å². The molecule has 4 aromatic rings. The van der Waals surface area contributed by atoms with Crippen molar-refractivity contribution in [1.29, 1.82) is 0 Å². The summed E-state index contributed by atoms with van der Waals surface area (Å²) in [6.45, 7) is 2.11. The number of nitrogens with zero attached hydrogens (tertiary/aromatic N) is 3. The average molecular weight is 488 g/mol. The largest absolute Gasteiger partial charge is 0.353 e. The summed E-state index contributed by atoms with van der Waals surface area (Å²) >= 11 is 4.60. The van der Waals surface area contributed by atoms with Crippen molar-refractivity contribution in [3.05, 3.63) is 64.5 Å². The number of fused-ring (bicyclic) bond motifs is 3. The van der Waals surface area contributed by atoms with Crippen LogP contribution in [0.5, 0.6) is 0 Å². The van der Waals surface area contributed by atoms with E-state index in [4.69, 9.17) is 4.98 Å². The first-order valence-corrected chi connectivity index (χ1v) is 12.4. The van der Waals surface area contributed by atoms with Crippen LogP contribution in [-0.2, 0) is 10.0 Å². The van der Waals surface area contributed by atoms with Crippen molar-refractivity contribution in [2.24, 2.45) is 0 Å². The number of rotatable bonds is 3. The Hall–Kier alpha value is -2.00. The maximum absolute atomic E-state index is 12.9. The highest BCUT2D eigenvalue weighted by atomic mass is 79.9. The first kappa shape index (κ1) is 19.0. The lowest BCUT2D eigenvalue weighted by Gasteiger charge is -2.35. The van der Waals surface area contributed by atoms with E-state index >= 15 is 0 Å². The van der Waals surface area contributed by atoms with Crippen LogP contribution in [0.2, 0.25) is 0 Å². The zero-order valence-electron chi connectivity index (χ0n) is 15.5. The van der Waals surface area contributed by atoms with Crippen LogP contribution in [0, 0.1) is 0 Å². The fraction of sp³-hybridized carbons (Fsp3) is 0.190. The molecule has 5 rings (SSSR count). The lowest BCUT2D eigenvalue weighted by molar-refractivity contribution is 0.385. The van der Waals surface area contributed by atoms with E-state index in [1.807, 2.05) is 30.3 Å². The molecular weight excluding hydrogens is 470 g/mol. The number of aromatic nitrogens is 1. The van der Waals surface area contributed by atoms with Crippen molar-refractivity contribution < 1.29 is 8.42 Å². The summed E-state index contributed by atoms with van der Waals surface area (Å²) in [7, 11) is -3.45. The monoisotopic (exact) mass is 487 g/mol. The zero-order valence-corrected chi connectivity index (χ0v) is 18.7. The molecule has 1 aliphatic rings. The number of piperazine rings is 1. The van der Waals surface area contributed by atoms with Crippen molar-refractivity contribution in [1.82, 2.24) is 9.29 Å². The highest BCUT2D eigenvalue weighted by Crippen LogP contribution is 2.33. The molecule has 8 heteroatoms. The standard InChI is InChI=1S/C21H18BrN3O2S2/c22-19-9-10-20(28-19)29(26,27)25-13-11-24(12-14-25)21-17-7-2-1-5-15(17)16-6-3-4-8-18(16)23-21/h1-10H,11-14H2. The van der Waals surface area contributed by atoms with Crippen LogP contribution in [0.4, 0.5) is 5.82 Å². The minimum atomic E-state index is -3.45. The van der Waals surface area contributed by atoms with E-state index in [1.165, 1.54) is 16.7 Å². The lowest BCUT2D eigenvalue weighted by Crippen LogP contribution is -2.48. The summed E-state index contributed by atoms with van der Waals surface area (Å²) < 4.78 is 28.6. The molecule has 0 radical (unpaired) electrons. The normalized spacial score (nSPS) is 16.0. The van der Waals surface area contributed by atoms with Gasteiger partial charge < -0.3 is 4.90 Å². The van der Waals surface area contributed by atoms with Crippen molar-refractivity contribution in [3.8, 4) is 0 Å². The van der Waals surface area contributed by atoms with E-state index in [1.54, 1.807) is 16.4 Å². The van der Waals surface area contributed by atoms with Crippen LogP contribution in [0.1, 0.15) is 0 Å². The third kappa shape index (κ3) is 3.34. The Morgan fingerprint density at radius 1 is 0.828 bits per heavy atom. The third-order valence-corrected chi connectivity index (χ3v) is 9.26. The summed E-state index contributed by atoms with van der Waals surface area (Å²) in [6, 6.07) is 19.9. The average Bonchev–Trinajstić information content (AvgIpc) is 3.20. The van der Waals surface area contributed by atoms with E-state index in [9.17, 15) is 8.42 Å². The van der Waals surface area contributed by atoms with Gasteiger partial charge in [0.05, 0.1) is 9.30 Å². The van der Waals surface area contributed by atoms with Gasteiger partial charge >= 0.3 is 0 Å². The molecule has 2 aromatic heterocycles. The predicted molar refractivity (Wildman–Crippen MR) is 122 cm³/mol. The number of hydrogen-bond donors (Lipinski definition) is 0. The number of anilines is 1. The molecule has 1 aliphatic heterocycles. The number of thiophene rings is 1. The fourth-order valence-corrected chi connectivity index (χ4v) is 7.42. The molecule has 3 heterocycles. The van der Waals surface area contributed by atoms with E-state index < -0.39 is 10.0 Å². The van der Waals surface area contributed by atoms with Gasteiger partial charge in [-0.1, -0.05) is 42.5 Å². The second-order valence-electron chi connectivity index (χ2n) is 6.95. The minimum Gasteiger partial charge on any atom is -0.353 e. The smallest absolute Gasteiger partial charge is 0.252 e. The molecule has 0 N–H and O–H groups in total. The molecule has 1 saturated heterocycles. The van der Waals surface area contributed by atoms with Crippen LogP contribution in [0.25, 0.3) is 21.7 Å². The van der Waals surface area contributed by atoms with E-state index in [0.717, 1.165) is 25.9 Å². The Kier molecular flexibility index (Phi) is 4.82. The van der Waals surface area contributed by atoms with Gasteiger partial charge in [0.25, 0.3) is 10.0 Å². The van der Waals surface area contributed by atoms with E-state index in [-0.39, 0.29) is 0 Å². The molecule has 29 heavy (non-hydrogen) atoms. The predicted octanol–water partition coefficient (Wildman–Crippen LogP) is 4.72. The van der Waals surface area contributed by atoms with Gasteiger partial charge in [-0.25, -0.2) is 13.4 Å². The summed E-state index contributed by atoms with van der Waals surface area (Å²) in [5.74, 6) is 0.926. The van der Waals surface area contributed by atoms with Gasteiger partial charge in [0, 0.05) is 37.0 Å². The zero-order chi connectivity index (χ0) is 20.0. The maximum Gasteiger partial charge on any atom is 0.252 e. The number of para-hydroxylation sites is 1. The van der Waals surface area contributed by atoms with Gasteiger partial charge in [0.15, 0.2) is 0 Å². The number of benzene rings is 2. The Morgan fingerprint density at radius 3 is 2.17 bits per heavy atom. The third-order valence-electron chi connectivity index (χ3n) is 5.27. The SMILES string of the molecule is O=S(=O)(c1ccc(Br)s1)N1CCN(c2nc3ccccc3c3ccccc23)CC1. The molecule has 148 valence electrons. The molecule has 0 saturated carbocycles. The molecule has 0 bridgehead atoms. The Balaban J connectivity index is 1.47. The minimum absolute atomic E-state index is 0.382. The van der Waals surface area contributed by atoms with Gasteiger partial charge in [-0.05, 0) is 39.5 Å². The summed E-state index contributed by atoms with van der Waals surface area (Å²) in [5.41, 5.74) is 0.958. The molecule has 0 spiro atoms. The quantitative estimate of drug-likeness (QED) is 0.392. The lowest BCUT2D eigenvalue weighted by atomic mass is 10.1. The van der Waals surface area contributed by atoms with E-state index in [2.05, 4.69) is 39.0 Å². The van der Waals surface area contributed by atoms with Gasteiger partial charge in [-0.3, -0.25) is 0 Å². The van der Waals surface area contributed by atoms with Crippen LogP contribution in [0.3, 0.4) is 0 Å². The first-order valence-electron chi connectivity index (χ1n) is 9.32. The molecule has 0 aliphatic carbocycles. The highest BCUT2D eigenvalue weighted by Gasteiger charge is 2.30. The molecule has 5 nitrogen and oxygen atoms in total. The summed E-state index contributed by atoms with van der Waals surface area (Å²) in [6.07, 6.45) is 0. The van der Waals surface area contributed by atoms with Crippen molar-refractivity contribution in [2.45, 2.75) is 4.21 Å². The van der Waals surface area contributed by atoms with Crippen molar-refractivity contribution >= 4 is 64.8 Å². The van der Waals surface area contributed by atoms with Crippen LogP contribution in [0.15, 0.2) is 68.7 Å². The first-order chi connectivity index (χ1) is 14.0. The second-order valence-corrected chi connectivity index (χ2v) is 11.6. The molecule has 0 unspecified atom stereocenters. The molecule has 0 amide bonds. The van der Waals surface area contributed by atoms with E-state index in [0.29, 0.717) is 30.4 Å². The fourth-order valence-electron chi connectivity index (χ4n) is 3.83. The van der Waals surface area contributed by atoms with Gasteiger partial charge in [-0.2, -0.15) is 4.31 Å². The molecule has 1 fully saturated rings. The van der Waals surface area contributed by atoms with Gasteiger partial charge in [0.1, 0.15) is 10.0 Å². The Bertz CT molecular complexity index is 1310. The molecular formula is C21H18BrN3O2S2. The summed E-state index contributed by atoms with van der Waals surface area (Å²) in [4.78, 5) is 7.13. The maximum atomic E-state index is 12.9. The van der Waals surface area contributed by atoms with Gasteiger partial charge in [0.2, 0.25) is 0 Å². The topological polar surface area (TPSA) is 53.5 Å². The van der Waals surface area contributed by atoms with Crippen LogP contribution >= 0.6 is 27.3 Å². The van der Waals surface area contributed by atoms with Crippen molar-refractivity contribution in [2.75, 3.05) is 31.1 Å². The Morgan fingerprint density at radius 2 is 1.48 bits per heavy atom. The number of halogens is 1. The van der Waals surface area contributed by atoms with Crippen LogP contribution in [-0.4, -0.2) is 43.9 Å². The number of sulfonamides is 1. The highest BCUT2D eigenvalue weighted by molar-refractivity contribution is 9.11. The number of hydrogen-bond acceptors (Lipinski definition) is 5. The molecule has 2 aromatic carbocycles. The van der Waals surface area contributed by atoms with Gasteiger partial charge in [-0.15, -0.1) is 11.3 Å². The number of pyridine rings is 1. The molecule has 0 atom stereocenters. The van der Waals surface area contributed by atoms with Crippen molar-refractivity contribution in [3.63, 3.8) is 0 Å². The summed E-state index contributed by atoms with van der Waals surface area (Å²) in [5, 5.41) is 3.41.